The highest BCUT2D eigenvalue weighted by molar-refractivity contribution is 6.26. The smallest absolute Gasteiger partial charge is 0.264 e. The lowest BCUT2D eigenvalue weighted by Crippen LogP contribution is -2.54. The number of nitrogens with one attached hydrogen (secondary N) is 3. The largest absolute Gasteiger partial charge is 0.377 e. The first-order valence-electron chi connectivity index (χ1n) is 10.8. The summed E-state index contributed by atoms with van der Waals surface area (Å²) in [5, 5.41) is 8.13. The van der Waals surface area contributed by atoms with E-state index < -0.39 is 35.6 Å². The third-order valence-corrected chi connectivity index (χ3v) is 5.13. The average Bonchev–Trinajstić information content (AvgIpc) is 3.08. The second-order valence-electron chi connectivity index (χ2n) is 7.47. The molecule has 1 aromatic carbocycles. The van der Waals surface area contributed by atoms with Crippen molar-refractivity contribution in [1.82, 2.24) is 15.1 Å². The summed E-state index contributed by atoms with van der Waals surface area (Å²) in [5.74, 6) is -3.08. The van der Waals surface area contributed by atoms with Crippen LogP contribution in [0.2, 0.25) is 0 Å². The van der Waals surface area contributed by atoms with E-state index in [9.17, 15) is 24.0 Å². The standard InChI is InChI=1S/C21H24N6O8/c22-26-23-6-7-33-8-9-34-10-11-35-12-17(29)24-14-3-1-2-13-18(14)21(32)27(20(13)31)15-4-5-16(28)25-19(15)30/h1-3,15,22H,4-12H2,(H-,24,25,28,29,30,32)/p+1. The van der Waals surface area contributed by atoms with Crippen LogP contribution in [-0.4, -0.2) is 86.7 Å². The molecule has 3 N–H and O–H groups in total. The number of piperidine rings is 1. The quantitative estimate of drug-likeness (QED) is 0.145. The lowest BCUT2D eigenvalue weighted by atomic mass is 10.0. The summed E-state index contributed by atoms with van der Waals surface area (Å²) in [4.78, 5) is 65.4. The molecule has 2 aliphatic heterocycles. The van der Waals surface area contributed by atoms with Crippen LogP contribution >= 0.6 is 0 Å². The number of carbonyl (C=O) groups excluding carboxylic acids is 5. The van der Waals surface area contributed by atoms with E-state index in [-0.39, 0.29) is 49.5 Å². The number of fused-ring (bicyclic) bond motifs is 1. The fourth-order valence-corrected chi connectivity index (χ4v) is 3.57. The Kier molecular flexibility index (Phi) is 9.26. The molecule has 1 unspecified atom stereocenters. The molecule has 0 spiro atoms. The topological polar surface area (TPSA) is 191 Å². The van der Waals surface area contributed by atoms with Crippen molar-refractivity contribution in [3.8, 4) is 0 Å². The zero-order valence-corrected chi connectivity index (χ0v) is 18.8. The van der Waals surface area contributed by atoms with Crippen LogP contribution in [0.4, 0.5) is 5.69 Å². The second kappa shape index (κ2) is 12.6. The number of nitrogens with zero attached hydrogens (tertiary/aromatic N) is 3. The normalized spacial score (nSPS) is 17.1. The Hall–Kier alpha value is -3.84. The van der Waals surface area contributed by atoms with Crippen LogP contribution in [-0.2, 0) is 28.6 Å². The molecule has 1 aromatic rings. The van der Waals surface area contributed by atoms with Crippen molar-refractivity contribution in [2.45, 2.75) is 18.9 Å². The Morgan fingerprint density at radius 1 is 1.09 bits per heavy atom. The van der Waals surface area contributed by atoms with Crippen molar-refractivity contribution in [2.75, 3.05) is 51.5 Å². The summed E-state index contributed by atoms with van der Waals surface area (Å²) >= 11 is 0. The van der Waals surface area contributed by atoms with Crippen LogP contribution in [0.1, 0.15) is 33.6 Å². The molecule has 1 saturated heterocycles. The van der Waals surface area contributed by atoms with Gasteiger partial charge in [-0.1, -0.05) is 6.07 Å². The Balaban J connectivity index is 1.45. The lowest BCUT2D eigenvalue weighted by Gasteiger charge is -2.27. The molecule has 0 radical (unpaired) electrons. The molecule has 14 heteroatoms. The molecule has 0 aromatic heterocycles. The van der Waals surface area contributed by atoms with Gasteiger partial charge in [-0.05, 0) is 18.6 Å². The van der Waals surface area contributed by atoms with Gasteiger partial charge in [0.25, 0.3) is 11.8 Å². The number of hydrogen-bond acceptors (Lipinski definition) is 10. The number of ether oxygens (including phenoxy) is 3. The molecule has 35 heavy (non-hydrogen) atoms. The highest BCUT2D eigenvalue weighted by Gasteiger charge is 2.45. The van der Waals surface area contributed by atoms with Gasteiger partial charge in [-0.25, -0.2) is 0 Å². The van der Waals surface area contributed by atoms with Crippen LogP contribution in [0.5, 0.6) is 0 Å². The molecule has 2 heterocycles. The van der Waals surface area contributed by atoms with Gasteiger partial charge < -0.3 is 19.5 Å². The monoisotopic (exact) mass is 489 g/mol. The fraction of sp³-hybridized carbons (Fsp3) is 0.476. The van der Waals surface area contributed by atoms with Gasteiger partial charge in [0.15, 0.2) is 0 Å². The third-order valence-electron chi connectivity index (χ3n) is 5.13. The summed E-state index contributed by atoms with van der Waals surface area (Å²) in [6, 6.07) is 3.34. The summed E-state index contributed by atoms with van der Waals surface area (Å²) in [5.41, 5.74) is 6.68. The minimum atomic E-state index is -1.09. The average molecular weight is 489 g/mol. The van der Waals surface area contributed by atoms with Crippen molar-refractivity contribution in [2.24, 2.45) is 5.11 Å². The molecule has 1 atom stereocenters. The summed E-state index contributed by atoms with van der Waals surface area (Å²) < 4.78 is 15.8. The number of anilines is 1. The van der Waals surface area contributed by atoms with Gasteiger partial charge >= 0.3 is 0 Å². The highest BCUT2D eigenvalue weighted by atomic mass is 16.5. The molecular weight excluding hydrogens is 464 g/mol. The van der Waals surface area contributed by atoms with E-state index in [0.717, 1.165) is 4.90 Å². The van der Waals surface area contributed by atoms with Gasteiger partial charge in [0.1, 0.15) is 29.8 Å². The van der Waals surface area contributed by atoms with E-state index in [0.29, 0.717) is 26.4 Å². The van der Waals surface area contributed by atoms with Crippen molar-refractivity contribution >= 4 is 35.2 Å². The molecule has 186 valence electrons. The molecule has 0 saturated carbocycles. The van der Waals surface area contributed by atoms with Gasteiger partial charge in [0.2, 0.25) is 22.6 Å². The van der Waals surface area contributed by atoms with E-state index in [2.05, 4.69) is 20.7 Å². The number of carbonyl (C=O) groups is 5. The second-order valence-corrected chi connectivity index (χ2v) is 7.47. The zero-order valence-electron chi connectivity index (χ0n) is 18.8. The molecule has 0 aliphatic carbocycles. The Morgan fingerprint density at radius 3 is 2.51 bits per heavy atom. The molecule has 1 fully saturated rings. The minimum Gasteiger partial charge on any atom is -0.377 e. The molecule has 14 nitrogen and oxygen atoms in total. The summed E-state index contributed by atoms with van der Waals surface area (Å²) in [6.07, 6.45) is 0.0544. The van der Waals surface area contributed by atoms with Gasteiger partial charge in [0.05, 0.1) is 49.8 Å². The van der Waals surface area contributed by atoms with Crippen LogP contribution < -0.4 is 15.5 Å². The fourth-order valence-electron chi connectivity index (χ4n) is 3.57. The molecule has 0 bridgehead atoms. The highest BCUT2D eigenvalue weighted by Crippen LogP contribution is 2.32. The first kappa shape index (κ1) is 25.8. The van der Waals surface area contributed by atoms with Crippen LogP contribution in [0.15, 0.2) is 23.3 Å². The SMILES string of the molecule is N=[N+]=NCCOCCOCCOCC(=O)Nc1cccc2c1C(=O)N(C1CCC(=O)NC1=O)C2=O. The number of rotatable bonds is 13. The molecular formula is C21H25N6O8+. The van der Waals surface area contributed by atoms with Gasteiger partial charge in [-0.15, -0.1) is 0 Å². The maximum atomic E-state index is 13.0. The van der Waals surface area contributed by atoms with Crippen molar-refractivity contribution in [3.63, 3.8) is 0 Å². The minimum absolute atomic E-state index is 0.0110. The first-order chi connectivity index (χ1) is 16.9. The molecule has 5 amide bonds. The van der Waals surface area contributed by atoms with Crippen molar-refractivity contribution < 1.29 is 38.2 Å². The lowest BCUT2D eigenvalue weighted by molar-refractivity contribution is -0.136. The van der Waals surface area contributed by atoms with E-state index in [1.54, 1.807) is 0 Å². The number of amides is 5. The van der Waals surface area contributed by atoms with Crippen LogP contribution in [0, 0.1) is 5.53 Å². The summed E-state index contributed by atoms with van der Waals surface area (Å²) in [7, 11) is 0. The maximum absolute atomic E-state index is 13.0. The predicted molar refractivity (Wildman–Crippen MR) is 116 cm³/mol. The number of imide groups is 2. The summed E-state index contributed by atoms with van der Waals surface area (Å²) in [6.45, 7) is 1.39. The zero-order chi connectivity index (χ0) is 25.2. The van der Waals surface area contributed by atoms with E-state index >= 15 is 0 Å². The maximum Gasteiger partial charge on any atom is 0.264 e. The van der Waals surface area contributed by atoms with Crippen LogP contribution in [0.25, 0.3) is 0 Å². The molecule has 3 rings (SSSR count). The van der Waals surface area contributed by atoms with E-state index in [1.165, 1.54) is 18.2 Å². The number of benzene rings is 1. The van der Waals surface area contributed by atoms with Gasteiger partial charge in [-0.3, -0.25) is 34.2 Å². The van der Waals surface area contributed by atoms with E-state index in [4.69, 9.17) is 19.7 Å². The first-order valence-corrected chi connectivity index (χ1v) is 10.8. The van der Waals surface area contributed by atoms with Gasteiger partial charge in [-0.2, -0.15) is 0 Å². The Morgan fingerprint density at radius 2 is 1.80 bits per heavy atom. The van der Waals surface area contributed by atoms with Crippen molar-refractivity contribution in [3.05, 3.63) is 29.3 Å². The van der Waals surface area contributed by atoms with Crippen molar-refractivity contribution in [1.29, 1.82) is 5.53 Å². The Labute approximate surface area is 199 Å². The van der Waals surface area contributed by atoms with E-state index in [1.807, 2.05) is 0 Å². The Bertz CT molecular complexity index is 1050. The number of hydrogen-bond donors (Lipinski definition) is 3. The molecule has 2 aliphatic rings. The van der Waals surface area contributed by atoms with Crippen LogP contribution in [0.3, 0.4) is 0 Å². The third kappa shape index (κ3) is 6.61. The predicted octanol–water partition coefficient (Wildman–Crippen LogP) is -0.374. The van der Waals surface area contributed by atoms with Gasteiger partial charge in [0, 0.05) is 6.42 Å².